The average molecular weight is 289 g/mol. The van der Waals surface area contributed by atoms with Gasteiger partial charge in [-0.05, 0) is 31.6 Å². The van der Waals surface area contributed by atoms with E-state index in [-0.39, 0.29) is 32.7 Å². The molecule has 3 nitrogen and oxygen atoms in total. The maximum atomic E-state index is 5.48. The van der Waals surface area contributed by atoms with E-state index in [9.17, 15) is 0 Å². The summed E-state index contributed by atoms with van der Waals surface area (Å²) in [5, 5.41) is 0. The Kier molecular flexibility index (Phi) is 5.97. The van der Waals surface area contributed by atoms with E-state index < -0.39 is 0 Å². The summed E-state index contributed by atoms with van der Waals surface area (Å²) in [6.45, 7) is 3.19. The Morgan fingerprint density at radius 1 is 1.44 bits per heavy atom. The Hall–Kier alpha value is -0.426. The van der Waals surface area contributed by atoms with Crippen LogP contribution in [0.5, 0.6) is 0 Å². The molecule has 2 rings (SSSR count). The molecule has 2 N–H and O–H groups in total. The van der Waals surface area contributed by atoms with Crippen molar-refractivity contribution in [2.75, 3.05) is 25.4 Å². The van der Waals surface area contributed by atoms with Gasteiger partial charge in [0.05, 0.1) is 6.54 Å². The van der Waals surface area contributed by atoms with Gasteiger partial charge in [-0.1, -0.05) is 17.8 Å². The van der Waals surface area contributed by atoms with E-state index in [1.807, 2.05) is 0 Å². The van der Waals surface area contributed by atoms with Gasteiger partial charge in [0.2, 0.25) is 0 Å². The van der Waals surface area contributed by atoms with Crippen molar-refractivity contribution in [3.05, 3.63) is 24.0 Å². The Labute approximate surface area is 122 Å². The van der Waals surface area contributed by atoms with Crippen LogP contribution in [0, 0.1) is 17.9 Å². The SMILES string of the molecule is Nc1[c-]cc(C#CCN2CCCC2)nc1.[Y]. The third kappa shape index (κ3) is 4.21. The molecule has 16 heavy (non-hydrogen) atoms. The van der Waals surface area contributed by atoms with Gasteiger partial charge in [-0.15, -0.1) is 12.0 Å². The molecule has 1 radical (unpaired) electrons. The zero-order chi connectivity index (χ0) is 10.5. The molecule has 1 aromatic heterocycles. The van der Waals surface area contributed by atoms with Gasteiger partial charge in [0.25, 0.3) is 0 Å². The van der Waals surface area contributed by atoms with Gasteiger partial charge in [0.1, 0.15) is 0 Å². The molecule has 0 unspecified atom stereocenters. The van der Waals surface area contributed by atoms with E-state index in [0.717, 1.165) is 12.2 Å². The number of nitrogen functional groups attached to an aromatic ring is 1. The van der Waals surface area contributed by atoms with Gasteiger partial charge in [0, 0.05) is 32.7 Å². The number of rotatable bonds is 1. The van der Waals surface area contributed by atoms with Gasteiger partial charge >= 0.3 is 0 Å². The summed E-state index contributed by atoms with van der Waals surface area (Å²) in [6, 6.07) is 4.61. The minimum absolute atomic E-state index is 0. The van der Waals surface area contributed by atoms with E-state index in [1.54, 1.807) is 12.3 Å². The molecule has 0 aliphatic carbocycles. The predicted octanol–water partition coefficient (Wildman–Crippen LogP) is 0.909. The summed E-state index contributed by atoms with van der Waals surface area (Å²) in [4.78, 5) is 6.45. The third-order valence-electron chi connectivity index (χ3n) is 2.44. The summed E-state index contributed by atoms with van der Waals surface area (Å²) in [7, 11) is 0. The van der Waals surface area contributed by atoms with Crippen LogP contribution < -0.4 is 5.73 Å². The van der Waals surface area contributed by atoms with Gasteiger partial charge in [-0.25, -0.2) is 0 Å². The van der Waals surface area contributed by atoms with Crippen molar-refractivity contribution >= 4 is 5.69 Å². The number of nitrogens with zero attached hydrogens (tertiary/aromatic N) is 2. The van der Waals surface area contributed by atoms with Gasteiger partial charge < -0.3 is 10.7 Å². The number of aromatic nitrogens is 1. The first-order valence-electron chi connectivity index (χ1n) is 5.19. The number of pyridine rings is 1. The molecule has 0 spiro atoms. The first-order valence-corrected chi connectivity index (χ1v) is 5.19. The van der Waals surface area contributed by atoms with Crippen molar-refractivity contribution < 1.29 is 32.7 Å². The average Bonchev–Trinajstić information content (AvgIpc) is 2.74. The van der Waals surface area contributed by atoms with E-state index in [0.29, 0.717) is 5.69 Å². The van der Waals surface area contributed by atoms with Crippen LogP contribution in [-0.2, 0) is 32.7 Å². The van der Waals surface area contributed by atoms with Crippen LogP contribution in [0.25, 0.3) is 0 Å². The molecule has 1 aliphatic rings. The monoisotopic (exact) mass is 289 g/mol. The normalized spacial score (nSPS) is 15.0. The molecule has 4 heteroatoms. The fourth-order valence-electron chi connectivity index (χ4n) is 1.62. The molecule has 0 saturated carbocycles. The molecule has 0 amide bonds. The third-order valence-corrected chi connectivity index (χ3v) is 2.44. The number of nitrogens with two attached hydrogens (primary N) is 1. The molecule has 0 bridgehead atoms. The number of anilines is 1. The molecule has 2 heterocycles. The van der Waals surface area contributed by atoms with Crippen LogP contribution in [0.4, 0.5) is 5.69 Å². The molecular weight excluding hydrogens is 275 g/mol. The van der Waals surface area contributed by atoms with Gasteiger partial charge in [0.15, 0.2) is 0 Å². The molecule has 1 fully saturated rings. The summed E-state index contributed by atoms with van der Waals surface area (Å²) >= 11 is 0. The summed E-state index contributed by atoms with van der Waals surface area (Å²) in [6.07, 6.45) is 4.19. The van der Waals surface area contributed by atoms with Crippen molar-refractivity contribution in [1.29, 1.82) is 0 Å². The number of hydrogen-bond acceptors (Lipinski definition) is 3. The minimum atomic E-state index is 0. The molecule has 0 atom stereocenters. The quantitative estimate of drug-likeness (QED) is 0.617. The zero-order valence-corrected chi connectivity index (χ0v) is 12.1. The van der Waals surface area contributed by atoms with E-state index in [2.05, 4.69) is 27.8 Å². The smallest absolute Gasteiger partial charge is 0.0594 e. The second kappa shape index (κ2) is 7.01. The van der Waals surface area contributed by atoms with Crippen molar-refractivity contribution in [3.63, 3.8) is 0 Å². The van der Waals surface area contributed by atoms with Gasteiger partial charge in [-0.2, -0.15) is 6.07 Å². The largest absolute Gasteiger partial charge is 0.418 e. The number of likely N-dealkylation sites (tertiary alicyclic amines) is 1. The van der Waals surface area contributed by atoms with E-state index in [4.69, 9.17) is 5.73 Å². The Morgan fingerprint density at radius 2 is 2.19 bits per heavy atom. The van der Waals surface area contributed by atoms with Crippen molar-refractivity contribution in [2.45, 2.75) is 12.8 Å². The summed E-state index contributed by atoms with van der Waals surface area (Å²) in [5.41, 5.74) is 6.78. The van der Waals surface area contributed by atoms with E-state index >= 15 is 0 Å². The van der Waals surface area contributed by atoms with Crippen molar-refractivity contribution in [2.24, 2.45) is 0 Å². The zero-order valence-electron chi connectivity index (χ0n) is 9.24. The van der Waals surface area contributed by atoms with Crippen molar-refractivity contribution in [1.82, 2.24) is 9.88 Å². The molecular formula is C12H14N3Y-. The van der Waals surface area contributed by atoms with Crippen LogP contribution in [-0.4, -0.2) is 29.5 Å². The van der Waals surface area contributed by atoms with Gasteiger partial charge in [-0.3, -0.25) is 4.90 Å². The van der Waals surface area contributed by atoms with Crippen molar-refractivity contribution in [3.8, 4) is 11.8 Å². The fourth-order valence-corrected chi connectivity index (χ4v) is 1.62. The first kappa shape index (κ1) is 13.6. The minimum Gasteiger partial charge on any atom is -0.418 e. The predicted molar refractivity (Wildman–Crippen MR) is 60.0 cm³/mol. The topological polar surface area (TPSA) is 42.1 Å². The van der Waals surface area contributed by atoms with Crippen LogP contribution in [0.3, 0.4) is 0 Å². The van der Waals surface area contributed by atoms with Crippen LogP contribution in [0.2, 0.25) is 0 Å². The Balaban J connectivity index is 0.00000128. The standard InChI is InChI=1S/C12H14N3.Y/c13-11-5-6-12(14-10-11)4-3-9-15-7-1-2-8-15;/h6,10H,1-2,7-9,13H2;/q-1;. The maximum absolute atomic E-state index is 5.48. The maximum Gasteiger partial charge on any atom is 0.0594 e. The summed E-state index contributed by atoms with van der Waals surface area (Å²) in [5.74, 6) is 6.12. The molecule has 0 aromatic carbocycles. The number of hydrogen-bond donors (Lipinski definition) is 1. The molecule has 1 aromatic rings. The second-order valence-corrected chi connectivity index (χ2v) is 3.67. The molecule has 1 saturated heterocycles. The first-order chi connectivity index (χ1) is 7.34. The Morgan fingerprint density at radius 3 is 2.81 bits per heavy atom. The fraction of sp³-hybridized carbons (Fsp3) is 0.417. The van der Waals surface area contributed by atoms with E-state index in [1.165, 1.54) is 25.9 Å². The molecule has 81 valence electrons. The van der Waals surface area contributed by atoms with Crippen LogP contribution >= 0.6 is 0 Å². The van der Waals surface area contributed by atoms with Crippen LogP contribution in [0.1, 0.15) is 18.5 Å². The van der Waals surface area contributed by atoms with Crippen LogP contribution in [0.15, 0.2) is 12.3 Å². The Bertz CT molecular complexity index is 371. The molecule has 1 aliphatic heterocycles. The summed E-state index contributed by atoms with van der Waals surface area (Å²) < 4.78 is 0. The second-order valence-electron chi connectivity index (χ2n) is 3.67.